The number of rotatable bonds is 5. The van der Waals surface area contributed by atoms with Crippen LogP contribution in [-0.4, -0.2) is 13.6 Å². The van der Waals surface area contributed by atoms with Gasteiger partial charge in [-0.1, -0.05) is 5.16 Å². The molecule has 0 aliphatic carbocycles. The van der Waals surface area contributed by atoms with Gasteiger partial charge in [-0.15, -0.1) is 0 Å². The summed E-state index contributed by atoms with van der Waals surface area (Å²) in [6.45, 7) is 0.110. The second kappa shape index (κ2) is 5.55. The number of hydrogen-bond acceptors (Lipinski definition) is 5. The highest BCUT2D eigenvalue weighted by Crippen LogP contribution is 2.20. The molecule has 0 spiro atoms. The largest absolute Gasteiger partial charge is 0.468 e. The minimum Gasteiger partial charge on any atom is -0.468 e. The molecule has 7 heteroatoms. The van der Waals surface area contributed by atoms with E-state index in [-0.39, 0.29) is 11.4 Å². The van der Waals surface area contributed by atoms with Gasteiger partial charge in [-0.05, 0) is 36.4 Å². The molecule has 1 N–H and O–H groups in total. The Morgan fingerprint density at radius 3 is 2.52 bits per heavy atom. The molecule has 1 aromatic carbocycles. The van der Waals surface area contributed by atoms with Crippen molar-refractivity contribution in [3.05, 3.63) is 60.7 Å². The fourth-order valence-corrected chi connectivity index (χ4v) is 2.82. The maximum Gasteiger partial charge on any atom is 0.240 e. The van der Waals surface area contributed by atoms with Gasteiger partial charge >= 0.3 is 0 Å². The zero-order chi connectivity index (χ0) is 14.7. The molecule has 0 bridgehead atoms. The number of benzene rings is 1. The molecule has 0 fully saturated rings. The number of nitrogens with one attached hydrogen (secondary N) is 1. The average Bonchev–Trinajstić information content (AvgIpc) is 3.19. The molecule has 0 saturated carbocycles. The highest BCUT2D eigenvalue weighted by Gasteiger charge is 2.14. The van der Waals surface area contributed by atoms with E-state index in [0.717, 1.165) is 5.56 Å². The lowest BCUT2D eigenvalue weighted by Gasteiger charge is -2.05. The van der Waals surface area contributed by atoms with Crippen LogP contribution in [-0.2, 0) is 16.6 Å². The number of nitrogens with zero attached hydrogens (tertiary/aromatic N) is 1. The second-order valence-corrected chi connectivity index (χ2v) is 6.07. The lowest BCUT2D eigenvalue weighted by atomic mass is 10.2. The van der Waals surface area contributed by atoms with Gasteiger partial charge in [0, 0.05) is 11.6 Å². The van der Waals surface area contributed by atoms with E-state index >= 15 is 0 Å². The molecule has 21 heavy (non-hydrogen) atoms. The zero-order valence-corrected chi connectivity index (χ0v) is 11.7. The summed E-state index contributed by atoms with van der Waals surface area (Å²) >= 11 is 0. The van der Waals surface area contributed by atoms with Crippen molar-refractivity contribution < 1.29 is 17.4 Å². The number of hydrogen-bond donors (Lipinski definition) is 1. The number of aromatic nitrogens is 1. The van der Waals surface area contributed by atoms with Gasteiger partial charge in [0.1, 0.15) is 5.76 Å². The molecule has 0 amide bonds. The molecule has 0 saturated heterocycles. The molecule has 0 radical (unpaired) electrons. The normalized spacial score (nSPS) is 11.6. The molecule has 0 unspecified atom stereocenters. The molecular weight excluding hydrogens is 292 g/mol. The Morgan fingerprint density at radius 2 is 1.90 bits per heavy atom. The predicted octanol–water partition coefficient (Wildman–Crippen LogP) is 2.41. The van der Waals surface area contributed by atoms with Gasteiger partial charge < -0.3 is 8.94 Å². The molecule has 3 rings (SSSR count). The van der Waals surface area contributed by atoms with E-state index in [1.54, 1.807) is 30.3 Å². The SMILES string of the molecule is O=S(=O)(NCc1ccco1)c1ccc(-c2ccno2)cc1. The molecule has 0 aliphatic rings. The maximum absolute atomic E-state index is 12.1. The first-order valence-corrected chi connectivity index (χ1v) is 7.67. The van der Waals surface area contributed by atoms with Crippen LogP contribution in [0.1, 0.15) is 5.76 Å². The summed E-state index contributed by atoms with van der Waals surface area (Å²) in [4.78, 5) is 0.178. The van der Waals surface area contributed by atoms with Crippen LogP contribution in [0.5, 0.6) is 0 Å². The molecule has 108 valence electrons. The fourth-order valence-electron chi connectivity index (χ4n) is 1.83. The topological polar surface area (TPSA) is 85.3 Å². The van der Waals surface area contributed by atoms with Crippen LogP contribution in [0.15, 0.2) is 68.8 Å². The van der Waals surface area contributed by atoms with Crippen LogP contribution in [0.25, 0.3) is 11.3 Å². The molecule has 0 atom stereocenters. The van der Waals surface area contributed by atoms with Crippen LogP contribution in [0.4, 0.5) is 0 Å². The summed E-state index contributed by atoms with van der Waals surface area (Å²) in [6.07, 6.45) is 3.03. The van der Waals surface area contributed by atoms with E-state index in [0.29, 0.717) is 11.5 Å². The van der Waals surface area contributed by atoms with E-state index in [1.165, 1.54) is 24.6 Å². The molecule has 6 nitrogen and oxygen atoms in total. The number of furan rings is 1. The third kappa shape index (κ3) is 3.04. The zero-order valence-electron chi connectivity index (χ0n) is 10.9. The number of sulfonamides is 1. The van der Waals surface area contributed by atoms with Crippen molar-refractivity contribution in [3.8, 4) is 11.3 Å². The summed E-state index contributed by atoms with van der Waals surface area (Å²) in [6, 6.07) is 11.5. The van der Waals surface area contributed by atoms with E-state index in [4.69, 9.17) is 8.94 Å². The van der Waals surface area contributed by atoms with Gasteiger partial charge in [-0.2, -0.15) is 0 Å². The predicted molar refractivity (Wildman–Crippen MR) is 74.7 cm³/mol. The molecule has 0 aliphatic heterocycles. The Kier molecular flexibility index (Phi) is 3.59. The third-order valence-electron chi connectivity index (χ3n) is 2.90. The van der Waals surface area contributed by atoms with Gasteiger partial charge in [0.2, 0.25) is 10.0 Å². The minimum atomic E-state index is -3.58. The Hall–Kier alpha value is -2.38. The average molecular weight is 304 g/mol. The van der Waals surface area contributed by atoms with Gasteiger partial charge in [-0.25, -0.2) is 13.1 Å². The third-order valence-corrected chi connectivity index (χ3v) is 4.32. The highest BCUT2D eigenvalue weighted by atomic mass is 32.2. The molecule has 2 aromatic heterocycles. The van der Waals surface area contributed by atoms with Crippen molar-refractivity contribution in [1.82, 2.24) is 9.88 Å². The standard InChI is InChI=1S/C14H12N2O4S/c17-21(18,16-10-12-2-1-9-19-12)13-5-3-11(4-6-13)14-7-8-15-20-14/h1-9,16H,10H2. The summed E-state index contributed by atoms with van der Waals surface area (Å²) in [5.41, 5.74) is 0.762. The van der Waals surface area contributed by atoms with Gasteiger partial charge in [-0.3, -0.25) is 0 Å². The smallest absolute Gasteiger partial charge is 0.240 e. The van der Waals surface area contributed by atoms with Crippen LogP contribution < -0.4 is 4.72 Å². The van der Waals surface area contributed by atoms with E-state index in [1.807, 2.05) is 0 Å². The Labute approximate surface area is 121 Å². The Bertz CT molecular complexity index is 791. The molecule has 2 heterocycles. The van der Waals surface area contributed by atoms with Crippen molar-refractivity contribution in [1.29, 1.82) is 0 Å². The summed E-state index contributed by atoms with van der Waals surface area (Å²) in [5, 5.41) is 3.61. The summed E-state index contributed by atoms with van der Waals surface area (Å²) in [7, 11) is -3.58. The first-order chi connectivity index (χ1) is 10.1. The van der Waals surface area contributed by atoms with Crippen LogP contribution >= 0.6 is 0 Å². The van der Waals surface area contributed by atoms with Gasteiger partial charge in [0.05, 0.1) is 23.9 Å². The minimum absolute atomic E-state index is 0.110. The molecule has 3 aromatic rings. The molecular formula is C14H12N2O4S. The van der Waals surface area contributed by atoms with E-state index < -0.39 is 10.0 Å². The van der Waals surface area contributed by atoms with Crippen molar-refractivity contribution >= 4 is 10.0 Å². The first kappa shape index (κ1) is 13.6. The van der Waals surface area contributed by atoms with Crippen LogP contribution in [0.3, 0.4) is 0 Å². The summed E-state index contributed by atoms with van der Waals surface area (Å²) < 4.78 is 36.8. The monoisotopic (exact) mass is 304 g/mol. The Balaban J connectivity index is 1.76. The van der Waals surface area contributed by atoms with Crippen molar-refractivity contribution in [2.75, 3.05) is 0 Å². The van der Waals surface area contributed by atoms with Crippen molar-refractivity contribution in [3.63, 3.8) is 0 Å². The van der Waals surface area contributed by atoms with E-state index in [2.05, 4.69) is 9.88 Å². The maximum atomic E-state index is 12.1. The summed E-state index contributed by atoms with van der Waals surface area (Å²) in [5.74, 6) is 1.14. The van der Waals surface area contributed by atoms with Crippen LogP contribution in [0, 0.1) is 0 Å². The quantitative estimate of drug-likeness (QED) is 0.782. The van der Waals surface area contributed by atoms with Crippen molar-refractivity contribution in [2.24, 2.45) is 0 Å². The fraction of sp³-hybridized carbons (Fsp3) is 0.0714. The van der Waals surface area contributed by atoms with E-state index in [9.17, 15) is 8.42 Å². The van der Waals surface area contributed by atoms with Gasteiger partial charge in [0.25, 0.3) is 0 Å². The second-order valence-electron chi connectivity index (χ2n) is 4.30. The van der Waals surface area contributed by atoms with Gasteiger partial charge in [0.15, 0.2) is 5.76 Å². The van der Waals surface area contributed by atoms with Crippen LogP contribution in [0.2, 0.25) is 0 Å². The lowest BCUT2D eigenvalue weighted by Crippen LogP contribution is -2.22. The van der Waals surface area contributed by atoms with Crippen molar-refractivity contribution in [2.45, 2.75) is 11.4 Å². The first-order valence-electron chi connectivity index (χ1n) is 6.18. The Morgan fingerprint density at radius 1 is 1.10 bits per heavy atom. The highest BCUT2D eigenvalue weighted by molar-refractivity contribution is 7.89. The lowest BCUT2D eigenvalue weighted by molar-refractivity contribution is 0.432.